The van der Waals surface area contributed by atoms with Gasteiger partial charge in [-0.2, -0.15) is 0 Å². The van der Waals surface area contributed by atoms with E-state index in [0.717, 1.165) is 11.1 Å². The largest absolute Gasteiger partial charge is 0.458 e. The van der Waals surface area contributed by atoms with E-state index in [4.69, 9.17) is 9.47 Å². The summed E-state index contributed by atoms with van der Waals surface area (Å²) in [5, 5.41) is 0. The van der Waals surface area contributed by atoms with E-state index >= 15 is 0 Å². The Kier molecular flexibility index (Phi) is 5.82. The summed E-state index contributed by atoms with van der Waals surface area (Å²) in [6.45, 7) is 6.55. The predicted molar refractivity (Wildman–Crippen MR) is 90.1 cm³/mol. The molecule has 24 heavy (non-hydrogen) atoms. The van der Waals surface area contributed by atoms with Crippen molar-refractivity contribution in [2.45, 2.75) is 39.2 Å². The van der Waals surface area contributed by atoms with Gasteiger partial charge in [0.25, 0.3) is 0 Å². The molecule has 1 aliphatic rings. The van der Waals surface area contributed by atoms with Crippen LogP contribution in [0.4, 0.5) is 0 Å². The molecule has 0 saturated heterocycles. The summed E-state index contributed by atoms with van der Waals surface area (Å²) < 4.78 is 10.4. The predicted octanol–water partition coefficient (Wildman–Crippen LogP) is 2.99. The summed E-state index contributed by atoms with van der Waals surface area (Å²) in [6.07, 6.45) is 1.33. The Hall–Kier alpha value is -2.98. The normalized spacial score (nSPS) is 15.5. The summed E-state index contributed by atoms with van der Waals surface area (Å²) in [4.78, 5) is 22.7. The van der Waals surface area contributed by atoms with E-state index in [0.29, 0.717) is 30.6 Å². The summed E-state index contributed by atoms with van der Waals surface area (Å²) in [5.74, 6) is 11.8. The molecule has 0 saturated carbocycles. The molecule has 1 unspecified atom stereocenters. The molecule has 0 N–H and O–H groups in total. The topological polar surface area (TPSA) is 52.6 Å². The number of hydrogen-bond acceptors (Lipinski definition) is 4. The molecule has 0 bridgehead atoms. The summed E-state index contributed by atoms with van der Waals surface area (Å²) in [7, 11) is 0. The highest BCUT2D eigenvalue weighted by atomic mass is 16.5. The van der Waals surface area contributed by atoms with Crippen LogP contribution in [0.1, 0.15) is 44.2 Å². The van der Waals surface area contributed by atoms with Gasteiger partial charge in [-0.3, -0.25) is 4.79 Å². The SMILES string of the molecule is C=C(C)C(=O)OC1CC#Cc2ccc(OC(C)=O)cc2C#CCC1. The van der Waals surface area contributed by atoms with E-state index in [1.54, 1.807) is 25.1 Å². The van der Waals surface area contributed by atoms with Crippen LogP contribution in [0.2, 0.25) is 0 Å². The average Bonchev–Trinajstić information content (AvgIpc) is 2.52. The summed E-state index contributed by atoms with van der Waals surface area (Å²) >= 11 is 0. The van der Waals surface area contributed by atoms with Crippen LogP contribution in [-0.4, -0.2) is 18.0 Å². The molecule has 1 aliphatic carbocycles. The molecule has 2 rings (SSSR count). The quantitative estimate of drug-likeness (QED) is 0.371. The van der Waals surface area contributed by atoms with Crippen molar-refractivity contribution in [2.75, 3.05) is 0 Å². The lowest BCUT2D eigenvalue weighted by Gasteiger charge is -2.14. The number of rotatable bonds is 3. The van der Waals surface area contributed by atoms with E-state index in [2.05, 4.69) is 30.3 Å². The molecule has 1 aromatic carbocycles. The first-order valence-corrected chi connectivity index (χ1v) is 7.62. The maximum absolute atomic E-state index is 11.6. The van der Waals surface area contributed by atoms with Crippen LogP contribution < -0.4 is 4.74 Å². The van der Waals surface area contributed by atoms with E-state index in [1.165, 1.54) is 6.92 Å². The zero-order chi connectivity index (χ0) is 17.5. The second kappa shape index (κ2) is 8.04. The molecule has 0 amide bonds. The third-order valence-electron chi connectivity index (χ3n) is 3.24. The van der Waals surface area contributed by atoms with Crippen molar-refractivity contribution in [1.82, 2.24) is 0 Å². The van der Waals surface area contributed by atoms with Gasteiger partial charge in [-0.05, 0) is 31.5 Å². The third kappa shape index (κ3) is 5.04. The number of carbonyl (C=O) groups excluding carboxylic acids is 2. The third-order valence-corrected chi connectivity index (χ3v) is 3.24. The molecule has 0 spiro atoms. The fourth-order valence-electron chi connectivity index (χ4n) is 2.07. The Bertz CT molecular complexity index is 796. The van der Waals surface area contributed by atoms with Crippen molar-refractivity contribution in [3.8, 4) is 29.4 Å². The van der Waals surface area contributed by atoms with Gasteiger partial charge in [-0.15, -0.1) is 0 Å². The minimum absolute atomic E-state index is 0.294. The fourth-order valence-corrected chi connectivity index (χ4v) is 2.07. The molecular weight excluding hydrogens is 304 g/mol. The number of esters is 2. The molecule has 4 heteroatoms. The van der Waals surface area contributed by atoms with Crippen LogP contribution in [0.25, 0.3) is 0 Å². The van der Waals surface area contributed by atoms with Crippen molar-refractivity contribution >= 4 is 11.9 Å². The van der Waals surface area contributed by atoms with Crippen LogP contribution >= 0.6 is 0 Å². The lowest BCUT2D eigenvalue weighted by atomic mass is 10.0. The van der Waals surface area contributed by atoms with Gasteiger partial charge in [0.05, 0.1) is 0 Å². The van der Waals surface area contributed by atoms with Crippen LogP contribution in [0, 0.1) is 23.7 Å². The molecule has 0 heterocycles. The standard InChI is InChI=1S/C20H18O4/c1-14(2)20(22)24-18-9-5-4-7-17-13-19(23-15(3)21)12-11-16(17)8-6-10-18/h11-13,18H,1,5,9-10H2,2-3H3. The van der Waals surface area contributed by atoms with Gasteiger partial charge in [0.2, 0.25) is 0 Å². The Labute approximate surface area is 141 Å². The van der Waals surface area contributed by atoms with Crippen molar-refractivity contribution < 1.29 is 19.1 Å². The second-order valence-electron chi connectivity index (χ2n) is 5.46. The average molecular weight is 322 g/mol. The van der Waals surface area contributed by atoms with E-state index < -0.39 is 5.97 Å². The van der Waals surface area contributed by atoms with E-state index in [9.17, 15) is 9.59 Å². The molecule has 122 valence electrons. The Balaban J connectivity index is 2.20. The molecule has 1 aromatic rings. The summed E-state index contributed by atoms with van der Waals surface area (Å²) in [6, 6.07) is 5.16. The van der Waals surface area contributed by atoms with Gasteiger partial charge in [0.15, 0.2) is 0 Å². The Morgan fingerprint density at radius 3 is 2.62 bits per heavy atom. The highest BCUT2D eigenvalue weighted by molar-refractivity contribution is 5.87. The fraction of sp³-hybridized carbons (Fsp3) is 0.300. The van der Waals surface area contributed by atoms with Crippen LogP contribution in [0.5, 0.6) is 5.75 Å². The lowest BCUT2D eigenvalue weighted by Crippen LogP contribution is -2.18. The highest BCUT2D eigenvalue weighted by Gasteiger charge is 2.14. The molecular formula is C20H18O4. The minimum atomic E-state index is -0.404. The smallest absolute Gasteiger partial charge is 0.333 e. The number of ether oxygens (including phenoxy) is 2. The van der Waals surface area contributed by atoms with Crippen LogP contribution in [0.3, 0.4) is 0 Å². The summed E-state index contributed by atoms with van der Waals surface area (Å²) in [5.41, 5.74) is 1.85. The van der Waals surface area contributed by atoms with Gasteiger partial charge in [0.1, 0.15) is 11.9 Å². The van der Waals surface area contributed by atoms with Crippen LogP contribution in [0.15, 0.2) is 30.4 Å². The van der Waals surface area contributed by atoms with Crippen molar-refractivity contribution in [1.29, 1.82) is 0 Å². The molecule has 0 aliphatic heterocycles. The Morgan fingerprint density at radius 1 is 1.17 bits per heavy atom. The lowest BCUT2D eigenvalue weighted by molar-refractivity contribution is -0.144. The van der Waals surface area contributed by atoms with Gasteiger partial charge in [0, 0.05) is 36.5 Å². The number of hydrogen-bond donors (Lipinski definition) is 0. The maximum Gasteiger partial charge on any atom is 0.333 e. The van der Waals surface area contributed by atoms with Gasteiger partial charge in [-0.25, -0.2) is 4.79 Å². The first-order valence-electron chi connectivity index (χ1n) is 7.62. The van der Waals surface area contributed by atoms with Crippen molar-refractivity contribution in [2.24, 2.45) is 0 Å². The molecule has 0 aromatic heterocycles. The second-order valence-corrected chi connectivity index (χ2v) is 5.46. The number of carbonyl (C=O) groups is 2. The van der Waals surface area contributed by atoms with Gasteiger partial charge >= 0.3 is 11.9 Å². The van der Waals surface area contributed by atoms with Gasteiger partial charge in [-0.1, -0.05) is 30.3 Å². The first-order chi connectivity index (χ1) is 11.5. The van der Waals surface area contributed by atoms with Crippen molar-refractivity contribution in [3.05, 3.63) is 41.5 Å². The zero-order valence-corrected chi connectivity index (χ0v) is 13.8. The minimum Gasteiger partial charge on any atom is -0.458 e. The van der Waals surface area contributed by atoms with Crippen LogP contribution in [-0.2, 0) is 14.3 Å². The van der Waals surface area contributed by atoms with Gasteiger partial charge < -0.3 is 9.47 Å². The van der Waals surface area contributed by atoms with E-state index in [-0.39, 0.29) is 12.1 Å². The monoisotopic (exact) mass is 322 g/mol. The molecule has 0 radical (unpaired) electrons. The van der Waals surface area contributed by atoms with Crippen molar-refractivity contribution in [3.63, 3.8) is 0 Å². The first kappa shape index (κ1) is 17.4. The van der Waals surface area contributed by atoms with E-state index in [1.807, 2.05) is 0 Å². The highest BCUT2D eigenvalue weighted by Crippen LogP contribution is 2.18. The zero-order valence-electron chi connectivity index (χ0n) is 13.8. The number of benzene rings is 1. The number of fused-ring (bicyclic) bond motifs is 1. The Morgan fingerprint density at radius 2 is 1.92 bits per heavy atom. The molecule has 4 nitrogen and oxygen atoms in total. The molecule has 0 fully saturated rings. The maximum atomic E-state index is 11.6. The molecule has 1 atom stereocenters.